The zero-order valence-electron chi connectivity index (χ0n) is 22.5. The van der Waals surface area contributed by atoms with Gasteiger partial charge in [0.1, 0.15) is 12.6 Å². The number of nitrogens with zero attached hydrogens (tertiary/aromatic N) is 2. The first-order valence-electron chi connectivity index (χ1n) is 13.2. The second-order valence-electron chi connectivity index (χ2n) is 10.1. The Balaban J connectivity index is 1.70. The number of hydrogen-bond donors (Lipinski definition) is 1. The maximum atomic E-state index is 14.0. The molecule has 212 valence electrons. The van der Waals surface area contributed by atoms with Gasteiger partial charge in [0.05, 0.1) is 10.6 Å². The van der Waals surface area contributed by atoms with Crippen molar-refractivity contribution in [1.29, 1.82) is 0 Å². The van der Waals surface area contributed by atoms with E-state index < -0.39 is 28.5 Å². The molecule has 1 fully saturated rings. The number of sulfonamides is 1. The van der Waals surface area contributed by atoms with E-state index in [9.17, 15) is 18.0 Å². The van der Waals surface area contributed by atoms with Gasteiger partial charge in [-0.1, -0.05) is 72.4 Å². The Hall–Kier alpha value is -3.07. The van der Waals surface area contributed by atoms with E-state index in [1.807, 2.05) is 13.0 Å². The van der Waals surface area contributed by atoms with Gasteiger partial charge in [-0.3, -0.25) is 13.9 Å². The third-order valence-electron chi connectivity index (χ3n) is 7.12. The van der Waals surface area contributed by atoms with Crippen molar-refractivity contribution in [2.45, 2.75) is 63.1 Å². The lowest BCUT2D eigenvalue weighted by molar-refractivity contribution is -0.139. The molecule has 7 nitrogen and oxygen atoms in total. The molecule has 2 amide bonds. The van der Waals surface area contributed by atoms with Gasteiger partial charge in [0, 0.05) is 22.6 Å². The lowest BCUT2D eigenvalue weighted by atomic mass is 10.1. The Morgan fingerprint density at radius 2 is 1.68 bits per heavy atom. The van der Waals surface area contributed by atoms with Crippen LogP contribution in [0.1, 0.15) is 43.7 Å². The Kier molecular flexibility index (Phi) is 9.77. The van der Waals surface area contributed by atoms with E-state index in [0.717, 1.165) is 35.6 Å². The molecule has 0 saturated heterocycles. The van der Waals surface area contributed by atoms with Crippen LogP contribution in [0.15, 0.2) is 77.7 Å². The third kappa shape index (κ3) is 7.16. The van der Waals surface area contributed by atoms with E-state index in [1.54, 1.807) is 61.5 Å². The molecule has 0 unspecified atom stereocenters. The topological polar surface area (TPSA) is 86.8 Å². The molecule has 1 aliphatic carbocycles. The van der Waals surface area contributed by atoms with Crippen molar-refractivity contribution in [1.82, 2.24) is 10.2 Å². The molecule has 0 aromatic heterocycles. The molecule has 1 saturated carbocycles. The maximum Gasteiger partial charge on any atom is 0.264 e. The number of nitrogens with one attached hydrogen (secondary N) is 1. The van der Waals surface area contributed by atoms with Gasteiger partial charge in [-0.05, 0) is 74.2 Å². The van der Waals surface area contributed by atoms with Crippen molar-refractivity contribution in [3.05, 3.63) is 94.0 Å². The van der Waals surface area contributed by atoms with Gasteiger partial charge in [0.2, 0.25) is 11.8 Å². The van der Waals surface area contributed by atoms with Crippen LogP contribution in [0, 0.1) is 6.92 Å². The van der Waals surface area contributed by atoms with Crippen LogP contribution >= 0.6 is 23.2 Å². The summed E-state index contributed by atoms with van der Waals surface area (Å²) in [4.78, 5) is 28.8. The standard InChI is InChI=1S/C30H33Cl2N3O4S/c1-21-9-8-12-26(17-21)35(40(38,39)27-13-4-3-5-14-27)20-29(36)34(19-23-15-16-24(31)18-28(23)32)22(2)30(37)33-25-10-6-7-11-25/h3-5,8-9,12-18,22,25H,6-7,10-11,19-20H2,1-2H3,(H,33,37)/t22-/m1/s1. The van der Waals surface area contributed by atoms with Gasteiger partial charge in [0.25, 0.3) is 10.0 Å². The second kappa shape index (κ2) is 13.1. The molecular weight excluding hydrogens is 569 g/mol. The zero-order chi connectivity index (χ0) is 28.9. The SMILES string of the molecule is Cc1cccc(N(CC(=O)N(Cc2ccc(Cl)cc2Cl)[C@H](C)C(=O)NC2CCCC2)S(=O)(=O)c2ccccc2)c1. The Labute approximate surface area is 246 Å². The number of carbonyl (C=O) groups is 2. The average Bonchev–Trinajstić information content (AvgIpc) is 3.44. The van der Waals surface area contributed by atoms with E-state index in [1.165, 1.54) is 17.0 Å². The van der Waals surface area contributed by atoms with Gasteiger partial charge in [-0.25, -0.2) is 8.42 Å². The van der Waals surface area contributed by atoms with E-state index >= 15 is 0 Å². The van der Waals surface area contributed by atoms with Crippen molar-refractivity contribution in [3.8, 4) is 0 Å². The normalized spacial score (nSPS) is 14.5. The average molecular weight is 603 g/mol. The number of halogens is 2. The van der Waals surface area contributed by atoms with Crippen LogP contribution in [-0.4, -0.2) is 43.8 Å². The molecule has 3 aromatic rings. The molecule has 40 heavy (non-hydrogen) atoms. The molecule has 1 atom stereocenters. The number of rotatable bonds is 10. The van der Waals surface area contributed by atoms with Crippen molar-refractivity contribution < 1.29 is 18.0 Å². The Morgan fingerprint density at radius 3 is 2.33 bits per heavy atom. The first kappa shape index (κ1) is 29.9. The fourth-order valence-electron chi connectivity index (χ4n) is 4.84. The third-order valence-corrected chi connectivity index (χ3v) is 9.50. The van der Waals surface area contributed by atoms with E-state index in [2.05, 4.69) is 5.32 Å². The largest absolute Gasteiger partial charge is 0.352 e. The number of benzene rings is 3. The molecule has 1 N–H and O–H groups in total. The Morgan fingerprint density at radius 1 is 0.975 bits per heavy atom. The molecule has 3 aromatic carbocycles. The summed E-state index contributed by atoms with van der Waals surface area (Å²) in [6, 6.07) is 19.0. The van der Waals surface area contributed by atoms with Gasteiger partial charge in [-0.2, -0.15) is 0 Å². The highest BCUT2D eigenvalue weighted by Crippen LogP contribution is 2.27. The number of anilines is 1. The maximum absolute atomic E-state index is 14.0. The van der Waals surface area contributed by atoms with Gasteiger partial charge in [-0.15, -0.1) is 0 Å². The van der Waals surface area contributed by atoms with Crippen molar-refractivity contribution in [2.75, 3.05) is 10.8 Å². The fourth-order valence-corrected chi connectivity index (χ4v) is 6.73. The highest BCUT2D eigenvalue weighted by Gasteiger charge is 2.33. The monoisotopic (exact) mass is 601 g/mol. The van der Waals surface area contributed by atoms with Crippen LogP contribution in [0.3, 0.4) is 0 Å². The summed E-state index contributed by atoms with van der Waals surface area (Å²) in [5.41, 5.74) is 1.78. The number of carbonyl (C=O) groups excluding carboxylic acids is 2. The summed E-state index contributed by atoms with van der Waals surface area (Å²) in [5, 5.41) is 3.84. The number of aryl methyl sites for hydroxylation is 1. The lowest BCUT2D eigenvalue weighted by Gasteiger charge is -2.32. The summed E-state index contributed by atoms with van der Waals surface area (Å²) in [7, 11) is -4.11. The molecule has 1 aliphatic rings. The van der Waals surface area contributed by atoms with Gasteiger partial charge in [0.15, 0.2) is 0 Å². The number of hydrogen-bond acceptors (Lipinski definition) is 4. The zero-order valence-corrected chi connectivity index (χ0v) is 24.8. The highest BCUT2D eigenvalue weighted by atomic mass is 35.5. The van der Waals surface area contributed by atoms with Crippen LogP contribution in [0.4, 0.5) is 5.69 Å². The van der Waals surface area contributed by atoms with E-state index in [-0.39, 0.29) is 23.4 Å². The van der Waals surface area contributed by atoms with Crippen LogP contribution < -0.4 is 9.62 Å². The lowest BCUT2D eigenvalue weighted by Crippen LogP contribution is -2.52. The van der Waals surface area contributed by atoms with Crippen molar-refractivity contribution >= 4 is 50.7 Å². The molecule has 0 aliphatic heterocycles. The number of amides is 2. The van der Waals surface area contributed by atoms with Gasteiger partial charge < -0.3 is 10.2 Å². The summed E-state index contributed by atoms with van der Waals surface area (Å²) in [6.45, 7) is 2.99. The minimum absolute atomic E-state index is 0.00112. The summed E-state index contributed by atoms with van der Waals surface area (Å²) >= 11 is 12.5. The molecule has 0 heterocycles. The van der Waals surface area contributed by atoms with Crippen LogP contribution in [0.5, 0.6) is 0 Å². The first-order valence-corrected chi connectivity index (χ1v) is 15.4. The molecule has 4 rings (SSSR count). The Bertz CT molecular complexity index is 1460. The van der Waals surface area contributed by atoms with E-state index in [4.69, 9.17) is 23.2 Å². The quantitative estimate of drug-likeness (QED) is 0.310. The first-order chi connectivity index (χ1) is 19.1. The highest BCUT2D eigenvalue weighted by molar-refractivity contribution is 7.92. The second-order valence-corrected chi connectivity index (χ2v) is 12.8. The van der Waals surface area contributed by atoms with Crippen molar-refractivity contribution in [3.63, 3.8) is 0 Å². The molecule has 10 heteroatoms. The van der Waals surface area contributed by atoms with Crippen LogP contribution in [0.2, 0.25) is 10.0 Å². The van der Waals surface area contributed by atoms with Gasteiger partial charge >= 0.3 is 0 Å². The van der Waals surface area contributed by atoms with Crippen LogP contribution in [0.25, 0.3) is 0 Å². The summed E-state index contributed by atoms with van der Waals surface area (Å²) in [5.74, 6) is -0.834. The predicted molar refractivity (Wildman–Crippen MR) is 159 cm³/mol. The molecule has 0 spiro atoms. The fraction of sp³-hybridized carbons (Fsp3) is 0.333. The minimum atomic E-state index is -4.11. The molecule has 0 radical (unpaired) electrons. The predicted octanol–water partition coefficient (Wildman–Crippen LogP) is 5.97. The minimum Gasteiger partial charge on any atom is -0.352 e. The van der Waals surface area contributed by atoms with E-state index in [0.29, 0.717) is 21.3 Å². The smallest absolute Gasteiger partial charge is 0.264 e. The molecule has 0 bridgehead atoms. The molecular formula is C30H33Cl2N3O4S. The van der Waals surface area contributed by atoms with Crippen LogP contribution in [-0.2, 0) is 26.2 Å². The van der Waals surface area contributed by atoms with Crippen molar-refractivity contribution in [2.24, 2.45) is 0 Å². The summed E-state index contributed by atoms with van der Waals surface area (Å²) in [6.07, 6.45) is 3.88. The summed E-state index contributed by atoms with van der Waals surface area (Å²) < 4.78 is 28.7.